The predicted molar refractivity (Wildman–Crippen MR) is 54.7 cm³/mol. The van der Waals surface area contributed by atoms with Crippen molar-refractivity contribution in [2.24, 2.45) is 0 Å². The van der Waals surface area contributed by atoms with E-state index in [0.717, 1.165) is 18.2 Å². The minimum Gasteiger partial charge on any atom is -0.478 e. The number of benzene rings is 1. The van der Waals surface area contributed by atoms with Crippen molar-refractivity contribution in [3.63, 3.8) is 0 Å². The van der Waals surface area contributed by atoms with Gasteiger partial charge < -0.3 is 10.2 Å². The van der Waals surface area contributed by atoms with E-state index in [2.05, 4.69) is 0 Å². The molecule has 0 spiro atoms. The summed E-state index contributed by atoms with van der Waals surface area (Å²) in [6, 6.07) is 3.82. The van der Waals surface area contributed by atoms with Gasteiger partial charge in [-0.2, -0.15) is 0 Å². The zero-order valence-corrected chi connectivity index (χ0v) is 7.98. The van der Waals surface area contributed by atoms with Gasteiger partial charge in [-0.3, -0.25) is 5.32 Å². The van der Waals surface area contributed by atoms with E-state index in [0.29, 0.717) is 0 Å². The van der Waals surface area contributed by atoms with Gasteiger partial charge in [-0.1, -0.05) is 12.1 Å². The number of hydrogen-bond donors (Lipinski definition) is 3. The molecule has 0 saturated carbocycles. The van der Waals surface area contributed by atoms with Crippen LogP contribution >= 0.6 is 0 Å². The number of carboxylic acid groups (broad SMARTS) is 2. The molecule has 84 valence electrons. The Morgan fingerprint density at radius 1 is 1.31 bits per heavy atom. The van der Waals surface area contributed by atoms with Gasteiger partial charge in [0.05, 0.1) is 5.69 Å². The largest absolute Gasteiger partial charge is 0.478 e. The summed E-state index contributed by atoms with van der Waals surface area (Å²) in [5.74, 6) is -1.97. The summed E-state index contributed by atoms with van der Waals surface area (Å²) in [6.07, 6.45) is 0.480. The summed E-state index contributed by atoms with van der Waals surface area (Å²) in [6.45, 7) is 0. The number of hydrogen-bond acceptors (Lipinski definition) is 2. The van der Waals surface area contributed by atoms with E-state index in [1.807, 2.05) is 5.32 Å². The van der Waals surface area contributed by atoms with Crippen molar-refractivity contribution in [2.75, 3.05) is 5.32 Å². The van der Waals surface area contributed by atoms with Crippen LogP contribution in [0.3, 0.4) is 0 Å². The number of rotatable bonds is 3. The van der Waals surface area contributed by atoms with Crippen LogP contribution in [-0.2, 0) is 4.79 Å². The quantitative estimate of drug-likeness (QED) is 0.687. The normalized spacial score (nSPS) is 10.3. The van der Waals surface area contributed by atoms with E-state index in [9.17, 15) is 14.0 Å². The fourth-order valence-corrected chi connectivity index (χ4v) is 1.08. The second kappa shape index (κ2) is 4.92. The lowest BCUT2D eigenvalue weighted by atomic mass is 10.1. The first-order chi connectivity index (χ1) is 7.50. The van der Waals surface area contributed by atoms with E-state index in [1.165, 1.54) is 12.1 Å². The molecule has 0 radical (unpaired) electrons. The summed E-state index contributed by atoms with van der Waals surface area (Å²) in [7, 11) is 0. The smallest absolute Gasteiger partial charge is 0.409 e. The molecule has 0 fully saturated rings. The average Bonchev–Trinajstić information content (AvgIpc) is 2.18. The molecule has 6 heteroatoms. The third kappa shape index (κ3) is 3.09. The van der Waals surface area contributed by atoms with Gasteiger partial charge in [-0.25, -0.2) is 14.0 Å². The van der Waals surface area contributed by atoms with Crippen LogP contribution in [0.15, 0.2) is 24.3 Å². The molecule has 0 aliphatic heterocycles. The highest BCUT2D eigenvalue weighted by atomic mass is 19.1. The molecule has 1 amide bonds. The number of nitrogens with one attached hydrogen (secondary N) is 1. The van der Waals surface area contributed by atoms with Gasteiger partial charge in [0.1, 0.15) is 5.82 Å². The Labute approximate surface area is 89.8 Å². The first kappa shape index (κ1) is 11.7. The Morgan fingerprint density at radius 2 is 2.00 bits per heavy atom. The van der Waals surface area contributed by atoms with Crippen molar-refractivity contribution in [2.45, 2.75) is 0 Å². The predicted octanol–water partition coefficient (Wildman–Crippen LogP) is 2.01. The monoisotopic (exact) mass is 225 g/mol. The Morgan fingerprint density at radius 3 is 2.56 bits per heavy atom. The van der Waals surface area contributed by atoms with Gasteiger partial charge in [0.15, 0.2) is 0 Å². The van der Waals surface area contributed by atoms with Gasteiger partial charge >= 0.3 is 12.1 Å². The zero-order chi connectivity index (χ0) is 12.1. The molecule has 0 atom stereocenters. The van der Waals surface area contributed by atoms with Crippen molar-refractivity contribution >= 4 is 23.8 Å². The fraction of sp³-hybridized carbons (Fsp3) is 0. The Bertz CT molecular complexity index is 456. The Balaban J connectivity index is 3.12. The molecule has 0 unspecified atom stereocenters. The summed E-state index contributed by atoms with van der Waals surface area (Å²) in [4.78, 5) is 20.7. The first-order valence-corrected chi connectivity index (χ1v) is 4.20. The summed E-state index contributed by atoms with van der Waals surface area (Å²) >= 11 is 0. The Kier molecular flexibility index (Phi) is 3.60. The van der Waals surface area contributed by atoms with Gasteiger partial charge in [0.2, 0.25) is 0 Å². The summed E-state index contributed by atoms with van der Waals surface area (Å²) in [5, 5.41) is 18.7. The fourth-order valence-electron chi connectivity index (χ4n) is 1.08. The molecular formula is C10H8FNO4. The number of amides is 1. The minimum atomic E-state index is -1.42. The number of halogens is 1. The lowest BCUT2D eigenvalue weighted by Crippen LogP contribution is -2.10. The molecule has 1 aromatic carbocycles. The van der Waals surface area contributed by atoms with Crippen molar-refractivity contribution < 1.29 is 24.2 Å². The lowest BCUT2D eigenvalue weighted by molar-refractivity contribution is -0.131. The van der Waals surface area contributed by atoms with Gasteiger partial charge in [0, 0.05) is 11.6 Å². The molecule has 0 heterocycles. The number of carboxylic acids is 1. The maximum atomic E-state index is 13.2. The second-order valence-electron chi connectivity index (χ2n) is 2.81. The van der Waals surface area contributed by atoms with Crippen molar-refractivity contribution in [1.82, 2.24) is 0 Å². The molecule has 1 aromatic rings. The third-order valence-electron chi connectivity index (χ3n) is 1.68. The molecule has 16 heavy (non-hydrogen) atoms. The van der Waals surface area contributed by atoms with E-state index in [-0.39, 0.29) is 11.3 Å². The van der Waals surface area contributed by atoms with Crippen LogP contribution in [0, 0.1) is 5.82 Å². The van der Waals surface area contributed by atoms with Crippen LogP contribution in [-0.4, -0.2) is 22.3 Å². The van der Waals surface area contributed by atoms with Gasteiger partial charge in [0.25, 0.3) is 0 Å². The van der Waals surface area contributed by atoms with E-state index in [4.69, 9.17) is 10.2 Å². The number of carbonyl (C=O) groups is 2. The third-order valence-corrected chi connectivity index (χ3v) is 1.68. The minimum absolute atomic E-state index is 0.143. The van der Waals surface area contributed by atoms with Gasteiger partial charge in [-0.05, 0) is 12.1 Å². The molecule has 3 N–H and O–H groups in total. The van der Waals surface area contributed by atoms with E-state index < -0.39 is 17.9 Å². The highest BCUT2D eigenvalue weighted by molar-refractivity contribution is 5.90. The lowest BCUT2D eigenvalue weighted by Gasteiger charge is -2.06. The molecule has 1 rings (SSSR count). The van der Waals surface area contributed by atoms with Crippen LogP contribution in [0.1, 0.15) is 5.56 Å². The second-order valence-corrected chi connectivity index (χ2v) is 2.81. The summed E-state index contributed by atoms with van der Waals surface area (Å²) in [5.41, 5.74) is -0.127. The van der Waals surface area contributed by atoms with E-state index >= 15 is 0 Å². The summed E-state index contributed by atoms with van der Waals surface area (Å²) < 4.78 is 13.2. The Hall–Kier alpha value is -2.37. The zero-order valence-electron chi connectivity index (χ0n) is 7.98. The topological polar surface area (TPSA) is 86.6 Å². The van der Waals surface area contributed by atoms with Gasteiger partial charge in [-0.15, -0.1) is 0 Å². The van der Waals surface area contributed by atoms with Crippen LogP contribution < -0.4 is 5.32 Å². The molecular weight excluding hydrogens is 217 g/mol. The van der Waals surface area contributed by atoms with Crippen LogP contribution in [0.4, 0.5) is 14.9 Å². The standard InChI is InChI=1S/C10H8FNO4/c11-7-3-1-2-6(4-5-8(13)14)9(7)12-10(15)16/h1-5,12H,(H,13,14)(H,15,16)/b5-4+. The molecule has 5 nitrogen and oxygen atoms in total. The highest BCUT2D eigenvalue weighted by Gasteiger charge is 2.08. The van der Waals surface area contributed by atoms with E-state index in [1.54, 1.807) is 0 Å². The molecule has 0 aliphatic carbocycles. The maximum Gasteiger partial charge on any atom is 0.409 e. The first-order valence-electron chi connectivity index (χ1n) is 4.20. The highest BCUT2D eigenvalue weighted by Crippen LogP contribution is 2.21. The van der Waals surface area contributed by atoms with Crippen molar-refractivity contribution in [1.29, 1.82) is 0 Å². The number of anilines is 1. The molecule has 0 aromatic heterocycles. The molecule has 0 aliphatic rings. The number of para-hydroxylation sites is 1. The molecule has 0 bridgehead atoms. The SMILES string of the molecule is O=C(O)/C=C/c1cccc(F)c1NC(=O)O. The van der Waals surface area contributed by atoms with Crippen molar-refractivity contribution in [3.05, 3.63) is 35.7 Å². The van der Waals surface area contributed by atoms with Crippen LogP contribution in [0.25, 0.3) is 6.08 Å². The number of aliphatic carboxylic acids is 1. The molecule has 0 saturated heterocycles. The van der Waals surface area contributed by atoms with Crippen molar-refractivity contribution in [3.8, 4) is 0 Å². The van der Waals surface area contributed by atoms with Crippen LogP contribution in [0.2, 0.25) is 0 Å². The maximum absolute atomic E-state index is 13.2. The van der Waals surface area contributed by atoms with Crippen LogP contribution in [0.5, 0.6) is 0 Å². The average molecular weight is 225 g/mol.